The maximum atomic E-state index is 13.6. The number of aromatic nitrogens is 1. The molecule has 1 aliphatic rings. The van der Waals surface area contributed by atoms with Gasteiger partial charge in [-0.25, -0.2) is 9.37 Å². The Morgan fingerprint density at radius 3 is 2.73 bits per heavy atom. The fourth-order valence-corrected chi connectivity index (χ4v) is 2.08. The van der Waals surface area contributed by atoms with Crippen LogP contribution >= 0.6 is 0 Å². The van der Waals surface area contributed by atoms with E-state index in [-0.39, 0.29) is 11.6 Å². The summed E-state index contributed by atoms with van der Waals surface area (Å²) in [5.74, 6) is 0.343. The summed E-state index contributed by atoms with van der Waals surface area (Å²) in [5.41, 5.74) is 6.14. The van der Waals surface area contributed by atoms with E-state index in [1.807, 2.05) is 0 Å². The monoisotopic (exact) mass is 209 g/mol. The van der Waals surface area contributed by atoms with Gasteiger partial charge in [-0.2, -0.15) is 0 Å². The number of hydrogen-bond acceptors (Lipinski definition) is 3. The number of piperidine rings is 1. The Morgan fingerprint density at radius 1 is 1.47 bits per heavy atom. The maximum Gasteiger partial charge on any atom is 0.131 e. The molecule has 2 N–H and O–H groups in total. The predicted octanol–water partition coefficient (Wildman–Crippen LogP) is 1.61. The third-order valence-electron chi connectivity index (χ3n) is 3.06. The molecule has 0 radical (unpaired) electrons. The summed E-state index contributed by atoms with van der Waals surface area (Å²) in [6, 6.07) is 1.31. The van der Waals surface area contributed by atoms with Crippen LogP contribution in [0.25, 0.3) is 0 Å². The van der Waals surface area contributed by atoms with E-state index < -0.39 is 0 Å². The van der Waals surface area contributed by atoms with Gasteiger partial charge in [-0.05, 0) is 38.9 Å². The van der Waals surface area contributed by atoms with Gasteiger partial charge < -0.3 is 10.6 Å². The molecule has 0 aliphatic carbocycles. The molecule has 82 valence electrons. The molecule has 0 bridgehead atoms. The second kappa shape index (κ2) is 4.14. The van der Waals surface area contributed by atoms with Gasteiger partial charge in [0.1, 0.15) is 11.6 Å². The summed E-state index contributed by atoms with van der Waals surface area (Å²) in [6.07, 6.45) is 3.58. The minimum absolute atomic E-state index is 0.211. The third kappa shape index (κ3) is 2.26. The number of nitrogen functional groups attached to an aromatic ring is 1. The number of hydrogen-bond donors (Lipinski definition) is 1. The Bertz CT molecular complexity index is 346. The summed E-state index contributed by atoms with van der Waals surface area (Å²) < 4.78 is 13.6. The third-order valence-corrected chi connectivity index (χ3v) is 3.06. The maximum absolute atomic E-state index is 13.6. The first-order valence-electron chi connectivity index (χ1n) is 5.26. The SMILES string of the molecule is CN1CCC(c2cnc(N)cc2F)CC1. The van der Waals surface area contributed by atoms with Crippen molar-refractivity contribution < 1.29 is 4.39 Å². The molecule has 1 aromatic heterocycles. The zero-order valence-corrected chi connectivity index (χ0v) is 8.91. The van der Waals surface area contributed by atoms with E-state index in [0.717, 1.165) is 31.5 Å². The second-order valence-corrected chi connectivity index (χ2v) is 4.21. The van der Waals surface area contributed by atoms with E-state index in [1.54, 1.807) is 6.20 Å². The van der Waals surface area contributed by atoms with E-state index >= 15 is 0 Å². The highest BCUT2D eigenvalue weighted by molar-refractivity contribution is 5.32. The number of likely N-dealkylation sites (tertiary alicyclic amines) is 1. The minimum atomic E-state index is -0.211. The van der Waals surface area contributed by atoms with Crippen molar-refractivity contribution in [1.29, 1.82) is 0 Å². The Kier molecular flexibility index (Phi) is 2.86. The van der Waals surface area contributed by atoms with Gasteiger partial charge in [0.15, 0.2) is 0 Å². The molecule has 0 atom stereocenters. The van der Waals surface area contributed by atoms with Crippen molar-refractivity contribution in [1.82, 2.24) is 9.88 Å². The van der Waals surface area contributed by atoms with Crippen molar-refractivity contribution in [3.63, 3.8) is 0 Å². The van der Waals surface area contributed by atoms with Crippen molar-refractivity contribution >= 4 is 5.82 Å². The van der Waals surface area contributed by atoms with Crippen molar-refractivity contribution in [3.8, 4) is 0 Å². The van der Waals surface area contributed by atoms with Crippen LogP contribution in [-0.4, -0.2) is 30.0 Å². The molecule has 2 heterocycles. The quantitative estimate of drug-likeness (QED) is 0.764. The van der Waals surface area contributed by atoms with Gasteiger partial charge in [-0.3, -0.25) is 0 Å². The summed E-state index contributed by atoms with van der Waals surface area (Å²) in [5, 5.41) is 0. The van der Waals surface area contributed by atoms with Gasteiger partial charge in [-0.1, -0.05) is 0 Å². The lowest BCUT2D eigenvalue weighted by atomic mass is 9.90. The van der Waals surface area contributed by atoms with Crippen LogP contribution in [0.4, 0.5) is 10.2 Å². The van der Waals surface area contributed by atoms with Crippen LogP contribution < -0.4 is 5.73 Å². The standard InChI is InChI=1S/C11H16FN3/c1-15-4-2-8(3-5-15)9-7-14-11(13)6-10(9)12/h6-8H,2-5H2,1H3,(H2,13,14). The zero-order chi connectivity index (χ0) is 10.8. The van der Waals surface area contributed by atoms with Gasteiger partial charge >= 0.3 is 0 Å². The van der Waals surface area contributed by atoms with E-state index in [9.17, 15) is 4.39 Å². The molecular formula is C11H16FN3. The number of pyridine rings is 1. The lowest BCUT2D eigenvalue weighted by Crippen LogP contribution is -2.29. The lowest BCUT2D eigenvalue weighted by Gasteiger charge is -2.29. The molecule has 3 nitrogen and oxygen atoms in total. The molecule has 1 fully saturated rings. The van der Waals surface area contributed by atoms with E-state index in [1.165, 1.54) is 6.07 Å². The van der Waals surface area contributed by atoms with Crippen LogP contribution in [0.3, 0.4) is 0 Å². The Labute approximate surface area is 89.1 Å². The van der Waals surface area contributed by atoms with Crippen molar-refractivity contribution in [2.45, 2.75) is 18.8 Å². The molecular weight excluding hydrogens is 193 g/mol. The van der Waals surface area contributed by atoms with Crippen LogP contribution in [0.15, 0.2) is 12.3 Å². The van der Waals surface area contributed by atoms with Crippen LogP contribution in [0.5, 0.6) is 0 Å². The molecule has 0 spiro atoms. The van der Waals surface area contributed by atoms with Crippen LogP contribution in [0.2, 0.25) is 0 Å². The van der Waals surface area contributed by atoms with Crippen LogP contribution in [0.1, 0.15) is 24.3 Å². The fraction of sp³-hybridized carbons (Fsp3) is 0.545. The molecule has 0 saturated carbocycles. The molecule has 1 aliphatic heterocycles. The van der Waals surface area contributed by atoms with Crippen LogP contribution in [-0.2, 0) is 0 Å². The van der Waals surface area contributed by atoms with Gasteiger partial charge in [-0.15, -0.1) is 0 Å². The highest BCUT2D eigenvalue weighted by Gasteiger charge is 2.21. The van der Waals surface area contributed by atoms with E-state index in [2.05, 4.69) is 16.9 Å². The Hall–Kier alpha value is -1.16. The number of rotatable bonds is 1. The summed E-state index contributed by atoms with van der Waals surface area (Å²) in [7, 11) is 2.09. The number of anilines is 1. The van der Waals surface area contributed by atoms with E-state index in [0.29, 0.717) is 5.92 Å². The Morgan fingerprint density at radius 2 is 2.13 bits per heavy atom. The largest absolute Gasteiger partial charge is 0.384 e. The van der Waals surface area contributed by atoms with Gasteiger partial charge in [0, 0.05) is 17.8 Å². The van der Waals surface area contributed by atoms with Gasteiger partial charge in [0.2, 0.25) is 0 Å². The molecule has 2 rings (SSSR count). The molecule has 0 amide bonds. The van der Waals surface area contributed by atoms with Crippen molar-refractivity contribution in [3.05, 3.63) is 23.6 Å². The average molecular weight is 209 g/mol. The first-order valence-corrected chi connectivity index (χ1v) is 5.26. The smallest absolute Gasteiger partial charge is 0.131 e. The molecule has 1 aromatic rings. The van der Waals surface area contributed by atoms with Crippen molar-refractivity contribution in [2.75, 3.05) is 25.9 Å². The summed E-state index contributed by atoms with van der Waals surface area (Å²) in [6.45, 7) is 2.04. The first-order chi connectivity index (χ1) is 7.16. The molecule has 1 saturated heterocycles. The van der Waals surface area contributed by atoms with Gasteiger partial charge in [0.25, 0.3) is 0 Å². The number of halogens is 1. The zero-order valence-electron chi connectivity index (χ0n) is 8.91. The minimum Gasteiger partial charge on any atom is -0.384 e. The van der Waals surface area contributed by atoms with Crippen molar-refractivity contribution in [2.24, 2.45) is 0 Å². The summed E-state index contributed by atoms with van der Waals surface area (Å²) >= 11 is 0. The normalized spacial score (nSPS) is 19.3. The summed E-state index contributed by atoms with van der Waals surface area (Å²) in [4.78, 5) is 6.22. The highest BCUT2D eigenvalue weighted by Crippen LogP contribution is 2.29. The predicted molar refractivity (Wildman–Crippen MR) is 58.1 cm³/mol. The second-order valence-electron chi connectivity index (χ2n) is 4.21. The molecule has 0 aromatic carbocycles. The topological polar surface area (TPSA) is 42.2 Å². The lowest BCUT2D eigenvalue weighted by molar-refractivity contribution is 0.253. The molecule has 0 unspecified atom stereocenters. The van der Waals surface area contributed by atoms with E-state index in [4.69, 9.17) is 5.73 Å². The fourth-order valence-electron chi connectivity index (χ4n) is 2.08. The molecule has 4 heteroatoms. The first kappa shape index (κ1) is 10.4. The highest BCUT2D eigenvalue weighted by atomic mass is 19.1. The number of nitrogens with zero attached hydrogens (tertiary/aromatic N) is 2. The van der Waals surface area contributed by atoms with Gasteiger partial charge in [0.05, 0.1) is 0 Å². The number of nitrogens with two attached hydrogens (primary N) is 1. The molecule has 15 heavy (non-hydrogen) atoms. The average Bonchev–Trinajstić information content (AvgIpc) is 2.20. The Balaban J connectivity index is 2.15. The van der Waals surface area contributed by atoms with Crippen LogP contribution in [0, 0.1) is 5.82 Å².